The van der Waals surface area contributed by atoms with E-state index in [0.717, 1.165) is 12.8 Å². The molecule has 1 saturated heterocycles. The number of carbonyl (C=O) groups is 4. The van der Waals surface area contributed by atoms with E-state index in [-0.39, 0.29) is 31.3 Å². The van der Waals surface area contributed by atoms with Crippen molar-refractivity contribution in [2.75, 3.05) is 12.4 Å². The molecule has 9 nitrogen and oxygen atoms in total. The summed E-state index contributed by atoms with van der Waals surface area (Å²) in [4.78, 5) is 50.5. The number of carbonyl (C=O) groups excluding carboxylic acids is 4. The van der Waals surface area contributed by atoms with Crippen LogP contribution in [0.5, 0.6) is 0 Å². The van der Waals surface area contributed by atoms with Gasteiger partial charge in [-0.1, -0.05) is 43.3 Å². The van der Waals surface area contributed by atoms with E-state index in [4.69, 9.17) is 23.7 Å². The van der Waals surface area contributed by atoms with Crippen LogP contribution >= 0.6 is 11.8 Å². The lowest BCUT2D eigenvalue weighted by Crippen LogP contribution is -2.62. The predicted molar refractivity (Wildman–Crippen MR) is 156 cm³/mol. The molecule has 4 rings (SSSR count). The van der Waals surface area contributed by atoms with Crippen molar-refractivity contribution in [3.8, 4) is 0 Å². The molecule has 2 aromatic carbocycles. The smallest absolute Gasteiger partial charge is 0.338 e. The highest BCUT2D eigenvalue weighted by atomic mass is 32.2. The SMILES string of the molecule is CCS[C@@H]1O[C@H](COC(=O)c2ccccc2)[C@H](OC(=O)CCC(C)=O)[C@H](OC(C)C2CC2)[C@H]1OC(=O)c1ccccc1. The van der Waals surface area contributed by atoms with Gasteiger partial charge < -0.3 is 28.5 Å². The van der Waals surface area contributed by atoms with Crippen molar-refractivity contribution in [2.24, 2.45) is 5.92 Å². The molecule has 6 atom stereocenters. The molecule has 0 radical (unpaired) electrons. The van der Waals surface area contributed by atoms with Crippen LogP contribution in [-0.4, -0.2) is 72.0 Å². The van der Waals surface area contributed by atoms with E-state index in [9.17, 15) is 19.2 Å². The van der Waals surface area contributed by atoms with Gasteiger partial charge in [-0.15, -0.1) is 11.8 Å². The Hall–Kier alpha value is -3.21. The largest absolute Gasteiger partial charge is 0.459 e. The second-order valence-corrected chi connectivity index (χ2v) is 11.9. The van der Waals surface area contributed by atoms with Crippen LogP contribution in [0, 0.1) is 5.92 Å². The first-order chi connectivity index (χ1) is 20.3. The first-order valence-electron chi connectivity index (χ1n) is 14.4. The third-order valence-electron chi connectivity index (χ3n) is 7.17. The molecule has 1 heterocycles. The third kappa shape index (κ3) is 8.89. The Bertz CT molecular complexity index is 1200. The van der Waals surface area contributed by atoms with Crippen LogP contribution in [0.4, 0.5) is 0 Å². The minimum absolute atomic E-state index is 0.0187. The minimum Gasteiger partial charge on any atom is -0.459 e. The molecule has 2 fully saturated rings. The summed E-state index contributed by atoms with van der Waals surface area (Å²) in [6.45, 7) is 5.07. The van der Waals surface area contributed by atoms with Gasteiger partial charge in [-0.05, 0) is 62.6 Å². The highest BCUT2D eigenvalue weighted by Gasteiger charge is 2.52. The maximum Gasteiger partial charge on any atom is 0.338 e. The second-order valence-electron chi connectivity index (χ2n) is 10.5. The normalized spacial score (nSPS) is 24.3. The van der Waals surface area contributed by atoms with Gasteiger partial charge in [0.05, 0.1) is 23.7 Å². The fraction of sp³-hybridized carbons (Fsp3) is 0.500. The number of hydrogen-bond donors (Lipinski definition) is 0. The number of thioether (sulfide) groups is 1. The molecular formula is C32H38O9S. The quantitative estimate of drug-likeness (QED) is 0.217. The molecule has 1 aliphatic carbocycles. The Morgan fingerprint density at radius 1 is 0.857 bits per heavy atom. The summed E-state index contributed by atoms with van der Waals surface area (Å²) in [5, 5.41) is 0. The van der Waals surface area contributed by atoms with E-state index in [0.29, 0.717) is 22.8 Å². The van der Waals surface area contributed by atoms with E-state index < -0.39 is 47.8 Å². The lowest BCUT2D eigenvalue weighted by Gasteiger charge is -2.45. The summed E-state index contributed by atoms with van der Waals surface area (Å²) in [7, 11) is 0. The van der Waals surface area contributed by atoms with Crippen molar-refractivity contribution in [3.63, 3.8) is 0 Å². The highest BCUT2D eigenvalue weighted by Crippen LogP contribution is 2.39. The van der Waals surface area contributed by atoms with E-state index in [1.165, 1.54) is 18.7 Å². The molecule has 2 aliphatic rings. The average Bonchev–Trinajstić information content (AvgIpc) is 3.85. The predicted octanol–water partition coefficient (Wildman–Crippen LogP) is 5.01. The molecule has 0 N–H and O–H groups in total. The van der Waals surface area contributed by atoms with Gasteiger partial charge >= 0.3 is 17.9 Å². The molecule has 0 aromatic heterocycles. The Balaban J connectivity index is 1.64. The summed E-state index contributed by atoms with van der Waals surface area (Å²) >= 11 is 1.42. The second kappa shape index (κ2) is 15.3. The van der Waals surface area contributed by atoms with Crippen LogP contribution in [-0.2, 0) is 33.3 Å². The van der Waals surface area contributed by atoms with Gasteiger partial charge in [-0.3, -0.25) is 4.79 Å². The molecule has 0 spiro atoms. The molecular weight excluding hydrogens is 560 g/mol. The molecule has 10 heteroatoms. The summed E-state index contributed by atoms with van der Waals surface area (Å²) in [5.41, 5.74) is 0.0416. The van der Waals surface area contributed by atoms with Crippen molar-refractivity contribution < 1.29 is 42.9 Å². The monoisotopic (exact) mass is 598 g/mol. The van der Waals surface area contributed by atoms with Gasteiger partial charge in [-0.2, -0.15) is 0 Å². The van der Waals surface area contributed by atoms with Crippen LogP contribution in [0.15, 0.2) is 60.7 Å². The fourth-order valence-electron chi connectivity index (χ4n) is 4.73. The number of hydrogen-bond acceptors (Lipinski definition) is 10. The highest BCUT2D eigenvalue weighted by molar-refractivity contribution is 7.99. The van der Waals surface area contributed by atoms with Crippen LogP contribution < -0.4 is 0 Å². The van der Waals surface area contributed by atoms with Gasteiger partial charge in [0.1, 0.15) is 30.0 Å². The summed E-state index contributed by atoms with van der Waals surface area (Å²) < 4.78 is 30.5. The van der Waals surface area contributed by atoms with Crippen molar-refractivity contribution in [3.05, 3.63) is 71.8 Å². The summed E-state index contributed by atoms with van der Waals surface area (Å²) in [5.74, 6) is -0.922. The maximum absolute atomic E-state index is 13.2. The average molecular weight is 599 g/mol. The van der Waals surface area contributed by atoms with Crippen LogP contribution in [0.1, 0.15) is 67.2 Å². The van der Waals surface area contributed by atoms with E-state index >= 15 is 0 Å². The van der Waals surface area contributed by atoms with Gasteiger partial charge in [-0.25, -0.2) is 9.59 Å². The van der Waals surface area contributed by atoms with Crippen molar-refractivity contribution in [1.29, 1.82) is 0 Å². The molecule has 1 aliphatic heterocycles. The van der Waals surface area contributed by atoms with Gasteiger partial charge in [0.25, 0.3) is 0 Å². The Morgan fingerprint density at radius 2 is 1.48 bits per heavy atom. The molecule has 1 unspecified atom stereocenters. The molecule has 1 saturated carbocycles. The topological polar surface area (TPSA) is 114 Å². The van der Waals surface area contributed by atoms with Gasteiger partial charge in [0, 0.05) is 6.42 Å². The molecule has 0 amide bonds. The number of ketones is 1. The Labute approximate surface area is 250 Å². The number of ether oxygens (including phenoxy) is 5. The van der Waals surface area contributed by atoms with Crippen molar-refractivity contribution in [2.45, 2.75) is 82.4 Å². The van der Waals surface area contributed by atoms with E-state index in [1.807, 2.05) is 13.8 Å². The molecule has 2 aromatic rings. The molecule has 42 heavy (non-hydrogen) atoms. The Kier molecular flexibility index (Phi) is 11.6. The summed E-state index contributed by atoms with van der Waals surface area (Å²) in [6, 6.07) is 17.1. The van der Waals surface area contributed by atoms with E-state index in [2.05, 4.69) is 0 Å². The summed E-state index contributed by atoms with van der Waals surface area (Å²) in [6.07, 6.45) is -2.13. The maximum atomic E-state index is 13.2. The number of rotatable bonds is 14. The standard InChI is InChI=1S/C32H38O9S/c1-4-42-32-29(41-31(36)24-13-9-6-10-14-24)28(38-21(3)22-16-17-22)27(40-26(34)18-15-20(2)33)25(39-32)19-37-30(35)23-11-7-5-8-12-23/h5-14,21-22,25,27-29,32H,4,15-19H2,1-3H3/t21?,25-,27+,28+,29-,32+/m1/s1. The zero-order valence-corrected chi connectivity index (χ0v) is 25.0. The first kappa shape index (κ1) is 31.7. The van der Waals surface area contributed by atoms with Crippen LogP contribution in [0.25, 0.3) is 0 Å². The first-order valence-corrected chi connectivity index (χ1v) is 15.4. The number of esters is 3. The lowest BCUT2D eigenvalue weighted by molar-refractivity contribution is -0.241. The third-order valence-corrected chi connectivity index (χ3v) is 8.21. The van der Waals surface area contributed by atoms with Gasteiger partial charge in [0.15, 0.2) is 12.2 Å². The number of benzene rings is 2. The Morgan fingerprint density at radius 3 is 2.05 bits per heavy atom. The lowest BCUT2D eigenvalue weighted by atomic mass is 9.98. The van der Waals surface area contributed by atoms with Crippen LogP contribution in [0.3, 0.4) is 0 Å². The number of Topliss-reactive ketones (excluding diaryl/α,β-unsaturated/α-hetero) is 1. The zero-order chi connectivity index (χ0) is 30.1. The van der Waals surface area contributed by atoms with Gasteiger partial charge in [0.2, 0.25) is 0 Å². The molecule has 0 bridgehead atoms. The van der Waals surface area contributed by atoms with Crippen LogP contribution in [0.2, 0.25) is 0 Å². The zero-order valence-electron chi connectivity index (χ0n) is 24.1. The van der Waals surface area contributed by atoms with Crippen molar-refractivity contribution in [1.82, 2.24) is 0 Å². The fourth-order valence-corrected chi connectivity index (χ4v) is 5.68. The van der Waals surface area contributed by atoms with Crippen molar-refractivity contribution >= 4 is 35.5 Å². The molecule has 226 valence electrons. The van der Waals surface area contributed by atoms with E-state index in [1.54, 1.807) is 60.7 Å². The minimum atomic E-state index is -1.07.